The molecule has 0 spiro atoms. The van der Waals surface area contributed by atoms with Crippen molar-refractivity contribution in [3.05, 3.63) is 42.5 Å². The fraction of sp³-hybridized carbons (Fsp3) is 0.304. The molecule has 7 nitrogen and oxygen atoms in total. The Bertz CT molecular complexity index is 1150. The van der Waals surface area contributed by atoms with Crippen molar-refractivity contribution in [1.29, 1.82) is 0 Å². The van der Waals surface area contributed by atoms with E-state index in [1.54, 1.807) is 14.2 Å². The van der Waals surface area contributed by atoms with Crippen LogP contribution in [0.15, 0.2) is 46.9 Å². The van der Waals surface area contributed by atoms with Crippen molar-refractivity contribution in [2.75, 3.05) is 46.7 Å². The number of rotatable bonds is 8. The number of furan rings is 1. The third-order valence-electron chi connectivity index (χ3n) is 4.93. The first-order chi connectivity index (χ1) is 14.6. The van der Waals surface area contributed by atoms with E-state index in [-0.39, 0.29) is 24.8 Å². The minimum absolute atomic E-state index is 0. The van der Waals surface area contributed by atoms with Crippen LogP contribution in [0.4, 0.5) is 5.82 Å². The Morgan fingerprint density at radius 1 is 1.00 bits per heavy atom. The van der Waals surface area contributed by atoms with Crippen LogP contribution in [-0.2, 0) is 0 Å². The lowest BCUT2D eigenvalue weighted by Crippen LogP contribution is -2.17. The number of methoxy groups -OCH3 is 2. The maximum Gasteiger partial charge on any atom is 0.198 e. The molecular formula is C23H28Cl2N4O3. The fourth-order valence-corrected chi connectivity index (χ4v) is 3.45. The highest BCUT2D eigenvalue weighted by Gasteiger charge is 2.18. The van der Waals surface area contributed by atoms with E-state index in [4.69, 9.17) is 23.9 Å². The van der Waals surface area contributed by atoms with Crippen molar-refractivity contribution in [1.82, 2.24) is 14.9 Å². The summed E-state index contributed by atoms with van der Waals surface area (Å²) < 4.78 is 17.1. The van der Waals surface area contributed by atoms with Crippen LogP contribution >= 0.6 is 24.8 Å². The number of hydrogen-bond acceptors (Lipinski definition) is 7. The van der Waals surface area contributed by atoms with Crippen molar-refractivity contribution in [3.63, 3.8) is 0 Å². The van der Waals surface area contributed by atoms with Gasteiger partial charge in [0.05, 0.1) is 14.2 Å². The number of hydrogen-bond donors (Lipinski definition) is 1. The van der Waals surface area contributed by atoms with E-state index >= 15 is 0 Å². The summed E-state index contributed by atoms with van der Waals surface area (Å²) in [5.41, 5.74) is 1.48. The lowest BCUT2D eigenvalue weighted by Gasteiger charge is -2.15. The summed E-state index contributed by atoms with van der Waals surface area (Å²) in [6.07, 6.45) is 0.992. The monoisotopic (exact) mass is 478 g/mol. The molecule has 4 rings (SSSR count). The summed E-state index contributed by atoms with van der Waals surface area (Å²) in [5.74, 6) is 3.05. The minimum Gasteiger partial charge on any atom is -0.493 e. The number of nitrogens with zero attached hydrogens (tertiary/aromatic N) is 3. The zero-order chi connectivity index (χ0) is 21.1. The Morgan fingerprint density at radius 2 is 1.78 bits per heavy atom. The topological polar surface area (TPSA) is 72.7 Å². The molecule has 2 aromatic heterocycles. The zero-order valence-electron chi connectivity index (χ0n) is 18.5. The quantitative estimate of drug-likeness (QED) is 0.345. The Balaban J connectivity index is 0.00000181. The normalized spacial score (nSPS) is 10.7. The van der Waals surface area contributed by atoms with Crippen LogP contribution in [0.1, 0.15) is 6.42 Å². The van der Waals surface area contributed by atoms with E-state index in [1.165, 1.54) is 0 Å². The first-order valence-electron chi connectivity index (χ1n) is 9.91. The van der Waals surface area contributed by atoms with Crippen LogP contribution in [0.3, 0.4) is 0 Å². The van der Waals surface area contributed by atoms with Gasteiger partial charge < -0.3 is 24.1 Å². The molecule has 172 valence electrons. The molecule has 2 heterocycles. The second-order valence-electron chi connectivity index (χ2n) is 7.33. The molecule has 4 aromatic rings. The van der Waals surface area contributed by atoms with E-state index in [0.717, 1.165) is 41.7 Å². The van der Waals surface area contributed by atoms with Gasteiger partial charge in [-0.1, -0.05) is 18.2 Å². The molecule has 0 aliphatic heterocycles. The Hall–Kier alpha value is -2.74. The lowest BCUT2D eigenvalue weighted by atomic mass is 10.2. The molecule has 0 aliphatic rings. The van der Waals surface area contributed by atoms with Gasteiger partial charge in [0.15, 0.2) is 23.1 Å². The van der Waals surface area contributed by atoms with Crippen LogP contribution in [0.2, 0.25) is 0 Å². The predicted octanol–water partition coefficient (Wildman–Crippen LogP) is 5.27. The first-order valence-corrected chi connectivity index (χ1v) is 9.91. The molecule has 2 aromatic carbocycles. The number of para-hydroxylation sites is 1. The molecule has 0 aliphatic carbocycles. The fourth-order valence-electron chi connectivity index (χ4n) is 3.45. The highest BCUT2D eigenvalue weighted by Crippen LogP contribution is 2.38. The van der Waals surface area contributed by atoms with Crippen LogP contribution in [0.5, 0.6) is 11.5 Å². The van der Waals surface area contributed by atoms with Crippen molar-refractivity contribution in [3.8, 4) is 23.1 Å². The van der Waals surface area contributed by atoms with E-state index in [2.05, 4.69) is 24.3 Å². The van der Waals surface area contributed by atoms with E-state index < -0.39 is 0 Å². The summed E-state index contributed by atoms with van der Waals surface area (Å²) in [4.78, 5) is 11.7. The Morgan fingerprint density at radius 3 is 2.47 bits per heavy atom. The average Bonchev–Trinajstić information content (AvgIpc) is 3.19. The molecule has 0 bridgehead atoms. The molecule has 9 heteroatoms. The highest BCUT2D eigenvalue weighted by atomic mass is 35.5. The molecule has 0 unspecified atom stereocenters. The molecule has 1 N–H and O–H groups in total. The van der Waals surface area contributed by atoms with E-state index in [1.807, 2.05) is 42.5 Å². The van der Waals surface area contributed by atoms with Crippen molar-refractivity contribution in [2.45, 2.75) is 6.42 Å². The number of nitrogens with one attached hydrogen (secondary N) is 1. The molecule has 32 heavy (non-hydrogen) atoms. The molecule has 0 fully saturated rings. The van der Waals surface area contributed by atoms with Gasteiger partial charge in [-0.25, -0.2) is 9.97 Å². The van der Waals surface area contributed by atoms with Crippen LogP contribution in [0, 0.1) is 0 Å². The van der Waals surface area contributed by atoms with Crippen molar-refractivity contribution in [2.24, 2.45) is 0 Å². The summed E-state index contributed by atoms with van der Waals surface area (Å²) in [5, 5.41) is 5.34. The summed E-state index contributed by atoms with van der Waals surface area (Å²) in [6.45, 7) is 1.78. The Kier molecular flexibility index (Phi) is 8.95. The smallest absolute Gasteiger partial charge is 0.198 e. The zero-order valence-corrected chi connectivity index (χ0v) is 20.2. The number of benzene rings is 2. The number of fused-ring (bicyclic) bond motifs is 2. The first kappa shape index (κ1) is 25.5. The van der Waals surface area contributed by atoms with E-state index in [9.17, 15) is 0 Å². The standard InChI is InChI=1S/C23H26N4O3.2ClH/c1-27(2)13-7-12-24-22-16-10-11-18(28-3)21(29-4)20(16)25-23(26-22)19-14-15-8-5-6-9-17(15)30-19;;/h5-6,8-11,14H,7,12-13H2,1-4H3,(H,24,25,26);2*1H. The second kappa shape index (κ2) is 11.2. The third kappa shape index (κ3) is 5.18. The van der Waals surface area contributed by atoms with Crippen LogP contribution < -0.4 is 14.8 Å². The SMILES string of the molecule is COc1ccc2c(NCCCN(C)C)nc(-c3cc4ccccc4o3)nc2c1OC.Cl.Cl. The number of ether oxygens (including phenoxy) is 2. The van der Waals surface area contributed by atoms with Gasteiger partial charge in [0, 0.05) is 17.3 Å². The maximum atomic E-state index is 6.01. The number of aromatic nitrogens is 2. The van der Waals surface area contributed by atoms with E-state index in [0.29, 0.717) is 28.6 Å². The molecule has 0 radical (unpaired) electrons. The van der Waals surface area contributed by atoms with Crippen LogP contribution in [0.25, 0.3) is 33.5 Å². The summed E-state index contributed by atoms with van der Waals surface area (Å²) in [7, 11) is 7.36. The number of halogens is 2. The Labute approximate surface area is 199 Å². The van der Waals surface area contributed by atoms with Gasteiger partial charge in [0.25, 0.3) is 0 Å². The molecule has 0 amide bonds. The predicted molar refractivity (Wildman–Crippen MR) is 134 cm³/mol. The van der Waals surface area contributed by atoms with Crippen LogP contribution in [-0.4, -0.2) is 56.3 Å². The molecular weight excluding hydrogens is 451 g/mol. The average molecular weight is 479 g/mol. The van der Waals surface area contributed by atoms with Gasteiger partial charge in [-0.05, 0) is 51.3 Å². The summed E-state index contributed by atoms with van der Waals surface area (Å²) in [6, 6.07) is 13.6. The minimum atomic E-state index is 0. The van der Waals surface area contributed by atoms with Gasteiger partial charge in [-0.2, -0.15) is 0 Å². The van der Waals surface area contributed by atoms with Crippen molar-refractivity contribution >= 4 is 52.5 Å². The summed E-state index contributed by atoms with van der Waals surface area (Å²) >= 11 is 0. The molecule has 0 atom stereocenters. The number of anilines is 1. The lowest BCUT2D eigenvalue weighted by molar-refractivity contribution is 0.358. The second-order valence-corrected chi connectivity index (χ2v) is 7.33. The largest absolute Gasteiger partial charge is 0.493 e. The van der Waals surface area contributed by atoms with Crippen molar-refractivity contribution < 1.29 is 13.9 Å². The van der Waals surface area contributed by atoms with Gasteiger partial charge >= 0.3 is 0 Å². The molecule has 0 saturated heterocycles. The maximum absolute atomic E-state index is 6.01. The highest BCUT2D eigenvalue weighted by molar-refractivity contribution is 5.96. The molecule has 0 saturated carbocycles. The van der Waals surface area contributed by atoms with Gasteiger partial charge in [0.2, 0.25) is 0 Å². The van der Waals surface area contributed by atoms with Gasteiger partial charge in [0.1, 0.15) is 16.9 Å². The third-order valence-corrected chi connectivity index (χ3v) is 4.93. The van der Waals surface area contributed by atoms with Gasteiger partial charge in [-0.15, -0.1) is 24.8 Å². The van der Waals surface area contributed by atoms with Gasteiger partial charge in [-0.3, -0.25) is 0 Å².